The summed E-state index contributed by atoms with van der Waals surface area (Å²) in [5.41, 5.74) is 0.707. The van der Waals surface area contributed by atoms with Crippen LogP contribution in [0, 0.1) is 5.41 Å². The zero-order chi connectivity index (χ0) is 13.9. The van der Waals surface area contributed by atoms with Crippen molar-refractivity contribution in [3.05, 3.63) is 35.9 Å². The second kappa shape index (κ2) is 5.82. The molecule has 1 aromatic carbocycles. The maximum absolute atomic E-state index is 11.1. The number of carbonyl (C=O) groups is 1. The minimum absolute atomic E-state index is 0.310. The molecule has 0 aromatic heterocycles. The first kappa shape index (κ1) is 14.2. The van der Waals surface area contributed by atoms with Crippen molar-refractivity contribution in [3.63, 3.8) is 0 Å². The standard InChI is InChI=1S/C15H20O4/c1-15(2)13(12(9-16)19-14(15)17-3)18-10-11-7-5-4-6-8-11/h4-9,12-14H,10H2,1-3H3/t12-,13+,14+/m1/s1. The van der Waals surface area contributed by atoms with E-state index in [-0.39, 0.29) is 11.5 Å². The van der Waals surface area contributed by atoms with E-state index in [2.05, 4.69) is 0 Å². The summed E-state index contributed by atoms with van der Waals surface area (Å²) < 4.78 is 16.7. The maximum Gasteiger partial charge on any atom is 0.165 e. The van der Waals surface area contributed by atoms with Gasteiger partial charge in [0.25, 0.3) is 0 Å². The van der Waals surface area contributed by atoms with Crippen LogP contribution in [0.4, 0.5) is 0 Å². The summed E-state index contributed by atoms with van der Waals surface area (Å²) in [5, 5.41) is 0. The molecule has 104 valence electrons. The molecule has 0 N–H and O–H groups in total. The van der Waals surface area contributed by atoms with E-state index in [0.29, 0.717) is 6.61 Å². The van der Waals surface area contributed by atoms with Gasteiger partial charge >= 0.3 is 0 Å². The van der Waals surface area contributed by atoms with Crippen LogP contribution in [0.25, 0.3) is 0 Å². The van der Waals surface area contributed by atoms with Crippen molar-refractivity contribution < 1.29 is 19.0 Å². The third kappa shape index (κ3) is 2.86. The third-order valence-corrected chi connectivity index (χ3v) is 3.54. The zero-order valence-corrected chi connectivity index (χ0v) is 11.5. The molecule has 0 amide bonds. The third-order valence-electron chi connectivity index (χ3n) is 3.54. The van der Waals surface area contributed by atoms with Crippen molar-refractivity contribution in [3.8, 4) is 0 Å². The van der Waals surface area contributed by atoms with Crippen LogP contribution in [0.1, 0.15) is 19.4 Å². The van der Waals surface area contributed by atoms with Gasteiger partial charge in [-0.25, -0.2) is 0 Å². The van der Waals surface area contributed by atoms with Crippen molar-refractivity contribution in [2.24, 2.45) is 5.41 Å². The highest BCUT2D eigenvalue weighted by Crippen LogP contribution is 2.40. The smallest absolute Gasteiger partial charge is 0.165 e. The predicted molar refractivity (Wildman–Crippen MR) is 70.5 cm³/mol. The molecule has 1 aromatic rings. The molecule has 0 unspecified atom stereocenters. The van der Waals surface area contributed by atoms with Crippen LogP contribution in [0.2, 0.25) is 0 Å². The number of hydrogen-bond acceptors (Lipinski definition) is 4. The van der Waals surface area contributed by atoms with Crippen molar-refractivity contribution in [1.82, 2.24) is 0 Å². The summed E-state index contributed by atoms with van der Waals surface area (Å²) >= 11 is 0. The monoisotopic (exact) mass is 264 g/mol. The summed E-state index contributed by atoms with van der Waals surface area (Å²) in [6.45, 7) is 4.43. The topological polar surface area (TPSA) is 44.8 Å². The molecule has 0 aliphatic carbocycles. The molecule has 4 nitrogen and oxygen atoms in total. The number of ether oxygens (including phenoxy) is 3. The average Bonchev–Trinajstić information content (AvgIpc) is 2.67. The lowest BCUT2D eigenvalue weighted by Crippen LogP contribution is -2.39. The van der Waals surface area contributed by atoms with E-state index < -0.39 is 12.4 Å². The fraction of sp³-hybridized carbons (Fsp3) is 0.533. The number of aldehydes is 1. The summed E-state index contributed by atoms with van der Waals surface area (Å²) in [4.78, 5) is 11.1. The van der Waals surface area contributed by atoms with Gasteiger partial charge in [0.2, 0.25) is 0 Å². The first-order valence-corrected chi connectivity index (χ1v) is 6.38. The molecule has 3 atom stereocenters. The Balaban J connectivity index is 2.06. The summed E-state index contributed by atoms with van der Waals surface area (Å²) in [6.07, 6.45) is -0.529. The number of benzene rings is 1. The molecule has 0 saturated carbocycles. The van der Waals surface area contributed by atoms with Crippen molar-refractivity contribution in [2.75, 3.05) is 7.11 Å². The summed E-state index contributed by atoms with van der Waals surface area (Å²) in [6, 6.07) is 9.87. The molecule has 0 bridgehead atoms. The van der Waals surface area contributed by atoms with Crippen LogP contribution >= 0.6 is 0 Å². The fourth-order valence-electron chi connectivity index (χ4n) is 2.48. The Kier molecular flexibility index (Phi) is 4.34. The highest BCUT2D eigenvalue weighted by Gasteiger charge is 2.51. The minimum atomic E-state index is -0.580. The van der Waals surface area contributed by atoms with Gasteiger partial charge in [0.15, 0.2) is 12.6 Å². The van der Waals surface area contributed by atoms with E-state index in [9.17, 15) is 4.79 Å². The quantitative estimate of drug-likeness (QED) is 0.765. The minimum Gasteiger partial charge on any atom is -0.370 e. The maximum atomic E-state index is 11.1. The Labute approximate surface area is 113 Å². The van der Waals surface area contributed by atoms with Gasteiger partial charge in [-0.2, -0.15) is 0 Å². The van der Waals surface area contributed by atoms with E-state index in [1.807, 2.05) is 44.2 Å². The molecule has 1 heterocycles. The van der Waals surface area contributed by atoms with E-state index in [0.717, 1.165) is 11.8 Å². The molecule has 1 aliphatic heterocycles. The fourth-order valence-corrected chi connectivity index (χ4v) is 2.48. The van der Waals surface area contributed by atoms with Gasteiger partial charge in [0.05, 0.1) is 6.61 Å². The first-order chi connectivity index (χ1) is 9.09. The molecular formula is C15H20O4. The Morgan fingerprint density at radius 3 is 2.58 bits per heavy atom. The Morgan fingerprint density at radius 2 is 2.00 bits per heavy atom. The van der Waals surface area contributed by atoms with E-state index in [1.54, 1.807) is 7.11 Å². The van der Waals surface area contributed by atoms with E-state index in [1.165, 1.54) is 0 Å². The van der Waals surface area contributed by atoms with E-state index in [4.69, 9.17) is 14.2 Å². The second-order valence-corrected chi connectivity index (χ2v) is 5.34. The van der Waals surface area contributed by atoms with Crippen LogP contribution in [0.3, 0.4) is 0 Å². The van der Waals surface area contributed by atoms with Crippen molar-refractivity contribution in [1.29, 1.82) is 0 Å². The van der Waals surface area contributed by atoms with Gasteiger partial charge in [-0.1, -0.05) is 44.2 Å². The molecular weight excluding hydrogens is 244 g/mol. The number of methoxy groups -OCH3 is 1. The molecule has 1 fully saturated rings. The zero-order valence-electron chi connectivity index (χ0n) is 11.5. The molecule has 19 heavy (non-hydrogen) atoms. The molecule has 0 spiro atoms. The molecule has 2 rings (SSSR count). The van der Waals surface area contributed by atoms with Gasteiger partial charge in [-0.05, 0) is 5.56 Å². The molecule has 0 radical (unpaired) electrons. The first-order valence-electron chi connectivity index (χ1n) is 6.38. The lowest BCUT2D eigenvalue weighted by Gasteiger charge is -2.29. The van der Waals surface area contributed by atoms with Gasteiger partial charge in [0, 0.05) is 12.5 Å². The lowest BCUT2D eigenvalue weighted by atomic mass is 9.85. The average molecular weight is 264 g/mol. The molecule has 1 saturated heterocycles. The normalized spacial score (nSPS) is 29.3. The van der Waals surface area contributed by atoms with Crippen molar-refractivity contribution >= 4 is 6.29 Å². The number of carbonyl (C=O) groups excluding carboxylic acids is 1. The molecule has 1 aliphatic rings. The van der Waals surface area contributed by atoms with Crippen LogP contribution in [-0.4, -0.2) is 31.9 Å². The van der Waals surface area contributed by atoms with Crippen LogP contribution < -0.4 is 0 Å². The SMILES string of the molecule is CO[C@H]1O[C@H](C=O)[C@H](OCc2ccccc2)C1(C)C. The van der Waals surface area contributed by atoms with Gasteiger partial charge in [-0.3, -0.25) is 0 Å². The summed E-state index contributed by atoms with van der Waals surface area (Å²) in [5.74, 6) is 0. The van der Waals surface area contributed by atoms with E-state index >= 15 is 0 Å². The van der Waals surface area contributed by atoms with Gasteiger partial charge in [0.1, 0.15) is 12.2 Å². The van der Waals surface area contributed by atoms with Gasteiger partial charge < -0.3 is 19.0 Å². The Morgan fingerprint density at radius 1 is 1.32 bits per heavy atom. The number of rotatable bonds is 5. The lowest BCUT2D eigenvalue weighted by molar-refractivity contribution is -0.154. The highest BCUT2D eigenvalue weighted by molar-refractivity contribution is 5.58. The molecule has 4 heteroatoms. The van der Waals surface area contributed by atoms with Crippen LogP contribution in [0.15, 0.2) is 30.3 Å². The van der Waals surface area contributed by atoms with Crippen molar-refractivity contribution in [2.45, 2.75) is 39.0 Å². The van der Waals surface area contributed by atoms with Crippen LogP contribution in [-0.2, 0) is 25.6 Å². The Bertz CT molecular complexity index is 415. The predicted octanol–water partition coefficient (Wildman–Crippen LogP) is 2.17. The largest absolute Gasteiger partial charge is 0.370 e. The van der Waals surface area contributed by atoms with Gasteiger partial charge in [-0.15, -0.1) is 0 Å². The summed E-state index contributed by atoms with van der Waals surface area (Å²) in [7, 11) is 1.58. The highest BCUT2D eigenvalue weighted by atomic mass is 16.7. The Hall–Kier alpha value is -1.23. The van der Waals surface area contributed by atoms with Crippen LogP contribution in [0.5, 0.6) is 0 Å². The second-order valence-electron chi connectivity index (χ2n) is 5.34. The number of hydrogen-bond donors (Lipinski definition) is 0.